The Labute approximate surface area is 198 Å². The van der Waals surface area contributed by atoms with Crippen molar-refractivity contribution in [3.8, 4) is 0 Å². The summed E-state index contributed by atoms with van der Waals surface area (Å²) in [6, 6.07) is 0. The number of carbonyl (C=O) groups is 2. The molecule has 186 valence electrons. The summed E-state index contributed by atoms with van der Waals surface area (Å²) in [7, 11) is 0. The van der Waals surface area contributed by atoms with Crippen LogP contribution in [0.1, 0.15) is 131 Å². The SMILES string of the molecule is C=C(C)C(=O)O/C(CC(CC)CCCC)=C(\C)C(=O)OCCCCCCCCCCCC. The third-order valence-electron chi connectivity index (χ3n) is 6.04. The van der Waals surface area contributed by atoms with E-state index in [0.717, 1.165) is 38.5 Å². The highest BCUT2D eigenvalue weighted by Crippen LogP contribution is 2.25. The van der Waals surface area contributed by atoms with E-state index in [4.69, 9.17) is 9.47 Å². The van der Waals surface area contributed by atoms with Crippen molar-refractivity contribution in [3.63, 3.8) is 0 Å². The summed E-state index contributed by atoms with van der Waals surface area (Å²) in [5.74, 6) is -0.0374. The largest absolute Gasteiger partial charge is 0.462 e. The van der Waals surface area contributed by atoms with Gasteiger partial charge >= 0.3 is 11.9 Å². The Hall–Kier alpha value is -1.58. The molecule has 0 saturated heterocycles. The molecule has 0 fully saturated rings. The zero-order chi connectivity index (χ0) is 24.2. The number of carbonyl (C=O) groups excluding carboxylic acids is 2. The van der Waals surface area contributed by atoms with Crippen LogP contribution < -0.4 is 0 Å². The molecule has 0 aliphatic carbocycles. The number of allylic oxidation sites excluding steroid dienone is 1. The lowest BCUT2D eigenvalue weighted by molar-refractivity contribution is -0.140. The number of unbranched alkanes of at least 4 members (excludes halogenated alkanes) is 10. The van der Waals surface area contributed by atoms with Gasteiger partial charge in [-0.3, -0.25) is 0 Å². The second-order valence-electron chi connectivity index (χ2n) is 9.16. The summed E-state index contributed by atoms with van der Waals surface area (Å²) in [5, 5.41) is 0. The highest BCUT2D eigenvalue weighted by atomic mass is 16.5. The molecule has 0 saturated carbocycles. The van der Waals surface area contributed by atoms with Crippen molar-refractivity contribution in [1.82, 2.24) is 0 Å². The molecule has 0 heterocycles. The molecule has 1 atom stereocenters. The minimum Gasteiger partial charge on any atom is -0.462 e. The average Bonchev–Trinajstić information content (AvgIpc) is 2.78. The zero-order valence-corrected chi connectivity index (χ0v) is 21.7. The Kier molecular flexibility index (Phi) is 19.1. The summed E-state index contributed by atoms with van der Waals surface area (Å²) >= 11 is 0. The van der Waals surface area contributed by atoms with Crippen molar-refractivity contribution in [2.45, 2.75) is 131 Å². The molecule has 0 aliphatic heterocycles. The summed E-state index contributed by atoms with van der Waals surface area (Å²) in [5.41, 5.74) is 0.734. The fraction of sp³-hybridized carbons (Fsp3) is 0.786. The molecule has 0 amide bonds. The average molecular weight is 451 g/mol. The smallest absolute Gasteiger partial charge is 0.338 e. The molecule has 4 heteroatoms. The molecule has 0 N–H and O–H groups in total. The van der Waals surface area contributed by atoms with Gasteiger partial charge < -0.3 is 9.47 Å². The van der Waals surface area contributed by atoms with Crippen LogP contribution in [0.15, 0.2) is 23.5 Å². The van der Waals surface area contributed by atoms with Gasteiger partial charge in [0.25, 0.3) is 0 Å². The lowest BCUT2D eigenvalue weighted by Gasteiger charge is -2.18. The van der Waals surface area contributed by atoms with E-state index in [1.807, 2.05) is 0 Å². The van der Waals surface area contributed by atoms with E-state index in [2.05, 4.69) is 27.4 Å². The van der Waals surface area contributed by atoms with Crippen molar-refractivity contribution in [3.05, 3.63) is 23.5 Å². The molecule has 0 aliphatic rings. The second kappa shape index (κ2) is 20.1. The van der Waals surface area contributed by atoms with E-state index in [-0.39, 0.29) is 5.97 Å². The maximum atomic E-state index is 12.6. The molecule has 0 aromatic heterocycles. The van der Waals surface area contributed by atoms with Gasteiger partial charge in [-0.2, -0.15) is 0 Å². The Morgan fingerprint density at radius 3 is 1.78 bits per heavy atom. The molecule has 0 aromatic rings. The minimum atomic E-state index is -0.479. The van der Waals surface area contributed by atoms with Crippen LogP contribution in [-0.4, -0.2) is 18.5 Å². The quantitative estimate of drug-likeness (QED) is 0.0808. The van der Waals surface area contributed by atoms with E-state index in [1.54, 1.807) is 13.8 Å². The Balaban J connectivity index is 4.53. The van der Waals surface area contributed by atoms with Crippen molar-refractivity contribution in [1.29, 1.82) is 0 Å². The molecule has 0 spiro atoms. The monoisotopic (exact) mass is 450 g/mol. The van der Waals surface area contributed by atoms with Crippen LogP contribution in [0.4, 0.5) is 0 Å². The van der Waals surface area contributed by atoms with Crippen molar-refractivity contribution < 1.29 is 19.1 Å². The summed E-state index contributed by atoms with van der Waals surface area (Å²) < 4.78 is 11.0. The lowest BCUT2D eigenvalue weighted by Crippen LogP contribution is -2.15. The first-order valence-electron chi connectivity index (χ1n) is 13.1. The normalized spacial score (nSPS) is 12.8. The number of hydrogen-bond acceptors (Lipinski definition) is 4. The van der Waals surface area contributed by atoms with Gasteiger partial charge in [-0.15, -0.1) is 0 Å². The molecule has 0 rings (SSSR count). The maximum absolute atomic E-state index is 12.6. The fourth-order valence-electron chi connectivity index (χ4n) is 3.65. The highest BCUT2D eigenvalue weighted by molar-refractivity contribution is 5.91. The topological polar surface area (TPSA) is 52.6 Å². The van der Waals surface area contributed by atoms with Crippen LogP contribution >= 0.6 is 0 Å². The van der Waals surface area contributed by atoms with E-state index >= 15 is 0 Å². The standard InChI is InChI=1S/C28H50O4/c1-7-10-12-13-14-15-16-17-18-19-21-31-28(30)24(6)26(32-27(29)23(4)5)22-25(9-3)20-11-8-2/h25H,4,7-22H2,1-3,5-6H3/b26-24+. The molecule has 4 nitrogen and oxygen atoms in total. The highest BCUT2D eigenvalue weighted by Gasteiger charge is 2.20. The van der Waals surface area contributed by atoms with Crippen LogP contribution in [0.25, 0.3) is 0 Å². The van der Waals surface area contributed by atoms with Crippen molar-refractivity contribution in [2.24, 2.45) is 5.92 Å². The molecular weight excluding hydrogens is 400 g/mol. The maximum Gasteiger partial charge on any atom is 0.338 e. The fourth-order valence-corrected chi connectivity index (χ4v) is 3.65. The van der Waals surface area contributed by atoms with Crippen molar-refractivity contribution >= 4 is 11.9 Å². The summed E-state index contributed by atoms with van der Waals surface area (Å²) in [6.45, 7) is 13.9. The molecule has 32 heavy (non-hydrogen) atoms. The van der Waals surface area contributed by atoms with Crippen LogP contribution in [0, 0.1) is 5.92 Å². The van der Waals surface area contributed by atoms with Gasteiger partial charge in [0.2, 0.25) is 0 Å². The first-order valence-corrected chi connectivity index (χ1v) is 13.1. The molecular formula is C28H50O4. The predicted molar refractivity (Wildman–Crippen MR) is 134 cm³/mol. The van der Waals surface area contributed by atoms with Crippen molar-refractivity contribution in [2.75, 3.05) is 6.61 Å². The van der Waals surface area contributed by atoms with E-state index < -0.39 is 5.97 Å². The molecule has 0 aromatic carbocycles. The zero-order valence-electron chi connectivity index (χ0n) is 21.7. The first kappa shape index (κ1) is 30.4. The third-order valence-corrected chi connectivity index (χ3v) is 6.04. The van der Waals surface area contributed by atoms with Crippen LogP contribution in [0.2, 0.25) is 0 Å². The second-order valence-corrected chi connectivity index (χ2v) is 9.16. The summed E-state index contributed by atoms with van der Waals surface area (Å²) in [4.78, 5) is 24.7. The minimum absolute atomic E-state index is 0.329. The van der Waals surface area contributed by atoms with Gasteiger partial charge in [-0.25, -0.2) is 9.59 Å². The van der Waals surface area contributed by atoms with E-state index in [9.17, 15) is 9.59 Å². The molecule has 0 radical (unpaired) electrons. The van der Waals surface area contributed by atoms with Gasteiger partial charge in [-0.05, 0) is 26.2 Å². The van der Waals surface area contributed by atoms with E-state index in [0.29, 0.717) is 35.9 Å². The Morgan fingerprint density at radius 2 is 1.28 bits per heavy atom. The molecule has 0 bridgehead atoms. The van der Waals surface area contributed by atoms with Gasteiger partial charge in [0.1, 0.15) is 5.76 Å². The third kappa shape index (κ3) is 15.3. The van der Waals surface area contributed by atoms with E-state index in [1.165, 1.54) is 51.4 Å². The number of rotatable bonds is 20. The first-order chi connectivity index (χ1) is 15.4. The number of hydrogen-bond donors (Lipinski definition) is 0. The Morgan fingerprint density at radius 1 is 0.750 bits per heavy atom. The van der Waals surface area contributed by atoms with Gasteiger partial charge in [0.05, 0.1) is 12.2 Å². The van der Waals surface area contributed by atoms with Gasteiger partial charge in [-0.1, -0.05) is 111 Å². The van der Waals surface area contributed by atoms with Gasteiger partial charge in [0, 0.05) is 12.0 Å². The molecule has 1 unspecified atom stereocenters. The lowest BCUT2D eigenvalue weighted by atomic mass is 9.93. The van der Waals surface area contributed by atoms with Crippen LogP contribution in [0.5, 0.6) is 0 Å². The van der Waals surface area contributed by atoms with Crippen LogP contribution in [0.3, 0.4) is 0 Å². The predicted octanol–water partition coefficient (Wildman–Crippen LogP) is 8.45. The number of ether oxygens (including phenoxy) is 2. The van der Waals surface area contributed by atoms with Crippen LogP contribution in [-0.2, 0) is 19.1 Å². The Bertz CT molecular complexity index is 562. The number of esters is 2. The van der Waals surface area contributed by atoms with Gasteiger partial charge in [0.15, 0.2) is 0 Å². The summed E-state index contributed by atoms with van der Waals surface area (Å²) in [6.07, 6.45) is 17.3.